The second-order valence-electron chi connectivity index (χ2n) is 7.95. The Bertz CT molecular complexity index is 942. The molecule has 0 radical (unpaired) electrons. The molecule has 0 N–H and O–H groups in total. The Morgan fingerprint density at radius 1 is 1.18 bits per heavy atom. The molecule has 0 amide bonds. The van der Waals surface area contributed by atoms with Crippen molar-refractivity contribution < 1.29 is 38.1 Å². The highest BCUT2D eigenvalue weighted by Crippen LogP contribution is 2.42. The maximum atomic E-state index is 12.4. The topological polar surface area (TPSA) is 97.4 Å². The monoisotopic (exact) mass is 460 g/mol. The Morgan fingerprint density at radius 3 is 2.55 bits per heavy atom. The van der Waals surface area contributed by atoms with Crippen LogP contribution in [0.25, 0.3) is 0 Å². The minimum Gasteiger partial charge on any atom is -0.496 e. The highest BCUT2D eigenvalue weighted by Gasteiger charge is 2.33. The lowest BCUT2D eigenvalue weighted by atomic mass is 9.94. The van der Waals surface area contributed by atoms with Gasteiger partial charge in [0.05, 0.1) is 13.2 Å². The molecular formula is C25H32O8. The van der Waals surface area contributed by atoms with Crippen LogP contribution in [0.15, 0.2) is 24.3 Å². The molecule has 0 aliphatic carbocycles. The molecule has 0 saturated heterocycles. The maximum absolute atomic E-state index is 12.4. The van der Waals surface area contributed by atoms with Crippen molar-refractivity contribution in [1.82, 2.24) is 0 Å². The third-order valence-electron chi connectivity index (χ3n) is 5.07. The summed E-state index contributed by atoms with van der Waals surface area (Å²) in [5.41, 5.74) is 3.69. The van der Waals surface area contributed by atoms with Crippen molar-refractivity contribution in [2.75, 3.05) is 20.3 Å². The van der Waals surface area contributed by atoms with Crippen LogP contribution in [0.1, 0.15) is 60.7 Å². The Labute approximate surface area is 194 Å². The molecule has 2 rings (SSSR count). The lowest BCUT2D eigenvalue weighted by molar-refractivity contribution is -0.161. The summed E-state index contributed by atoms with van der Waals surface area (Å²) < 4.78 is 26.6. The first-order chi connectivity index (χ1) is 15.7. The number of rotatable bonds is 12. The van der Waals surface area contributed by atoms with Crippen LogP contribution in [0.2, 0.25) is 0 Å². The van der Waals surface area contributed by atoms with Gasteiger partial charge in [0.2, 0.25) is 0 Å². The predicted octanol–water partition coefficient (Wildman–Crippen LogP) is 4.00. The van der Waals surface area contributed by atoms with Crippen LogP contribution < -0.4 is 9.47 Å². The molecule has 0 spiro atoms. The van der Waals surface area contributed by atoms with Gasteiger partial charge in [0.1, 0.15) is 30.3 Å². The minimum atomic E-state index is -0.574. The van der Waals surface area contributed by atoms with Crippen molar-refractivity contribution in [2.24, 2.45) is 0 Å². The fraction of sp³-hybridized carbons (Fsp3) is 0.480. The van der Waals surface area contributed by atoms with E-state index in [9.17, 15) is 14.4 Å². The first kappa shape index (κ1) is 26.0. The molecular weight excluding hydrogens is 428 g/mol. The molecule has 8 heteroatoms. The molecule has 8 nitrogen and oxygen atoms in total. The minimum absolute atomic E-state index is 0.129. The number of carbonyl (C=O) groups is 3. The molecule has 180 valence electrons. The first-order valence-corrected chi connectivity index (χ1v) is 10.8. The van der Waals surface area contributed by atoms with E-state index in [1.807, 2.05) is 19.9 Å². The molecule has 1 aliphatic heterocycles. The van der Waals surface area contributed by atoms with Crippen LogP contribution in [0.5, 0.6) is 11.5 Å². The van der Waals surface area contributed by atoms with Gasteiger partial charge >= 0.3 is 17.9 Å². The van der Waals surface area contributed by atoms with Crippen LogP contribution in [0.4, 0.5) is 0 Å². The molecule has 1 heterocycles. The van der Waals surface area contributed by atoms with E-state index < -0.39 is 24.5 Å². The molecule has 0 saturated carbocycles. The average molecular weight is 461 g/mol. The van der Waals surface area contributed by atoms with Gasteiger partial charge in [0, 0.05) is 17.5 Å². The maximum Gasteiger partial charge on any atom is 0.344 e. The number of benzene rings is 1. The van der Waals surface area contributed by atoms with E-state index in [-0.39, 0.29) is 25.7 Å². The van der Waals surface area contributed by atoms with Crippen LogP contribution in [0.3, 0.4) is 0 Å². The van der Waals surface area contributed by atoms with Crippen molar-refractivity contribution in [3.05, 3.63) is 46.6 Å². The molecule has 0 fully saturated rings. The van der Waals surface area contributed by atoms with Gasteiger partial charge in [0.15, 0.2) is 6.61 Å². The van der Waals surface area contributed by atoms with Gasteiger partial charge < -0.3 is 23.7 Å². The SMILES string of the molecule is C=CCOc1c(C/C=C(\C)CCC(=O)OCC(=O)OC(C)C)c(OC)c(C)c2c1C(=O)OC2. The second-order valence-corrected chi connectivity index (χ2v) is 7.95. The van der Waals surface area contributed by atoms with Crippen LogP contribution in [0, 0.1) is 6.92 Å². The Morgan fingerprint density at radius 2 is 1.91 bits per heavy atom. The fourth-order valence-corrected chi connectivity index (χ4v) is 3.50. The number of esters is 3. The Kier molecular flexibility index (Phi) is 9.51. The molecule has 0 aromatic heterocycles. The van der Waals surface area contributed by atoms with E-state index in [4.69, 9.17) is 23.7 Å². The summed E-state index contributed by atoms with van der Waals surface area (Å²) in [7, 11) is 1.57. The van der Waals surface area contributed by atoms with E-state index in [1.54, 1.807) is 27.0 Å². The number of carbonyl (C=O) groups excluding carboxylic acids is 3. The lowest BCUT2D eigenvalue weighted by Gasteiger charge is -2.19. The van der Waals surface area contributed by atoms with Gasteiger partial charge in [-0.3, -0.25) is 4.79 Å². The number of cyclic esters (lactones) is 1. The van der Waals surface area contributed by atoms with Crippen molar-refractivity contribution in [2.45, 2.75) is 59.7 Å². The first-order valence-electron chi connectivity index (χ1n) is 10.8. The van der Waals surface area contributed by atoms with Crippen LogP contribution >= 0.6 is 0 Å². The number of methoxy groups -OCH3 is 1. The zero-order chi connectivity index (χ0) is 24.5. The molecule has 1 aromatic carbocycles. The smallest absolute Gasteiger partial charge is 0.344 e. The quantitative estimate of drug-likeness (QED) is 0.262. The average Bonchev–Trinajstić information content (AvgIpc) is 3.15. The predicted molar refractivity (Wildman–Crippen MR) is 121 cm³/mol. The highest BCUT2D eigenvalue weighted by atomic mass is 16.6. The molecule has 0 unspecified atom stereocenters. The molecule has 1 aliphatic rings. The van der Waals surface area contributed by atoms with Crippen molar-refractivity contribution in [3.8, 4) is 11.5 Å². The summed E-state index contributed by atoms with van der Waals surface area (Å²) in [5.74, 6) is -0.404. The van der Waals surface area contributed by atoms with E-state index in [1.165, 1.54) is 0 Å². The van der Waals surface area contributed by atoms with Crippen LogP contribution in [-0.4, -0.2) is 44.3 Å². The number of hydrogen-bond donors (Lipinski definition) is 0. The third kappa shape index (κ3) is 6.84. The largest absolute Gasteiger partial charge is 0.496 e. The number of fused-ring (bicyclic) bond motifs is 1. The van der Waals surface area contributed by atoms with Gasteiger partial charge in [-0.1, -0.05) is 24.3 Å². The number of ether oxygens (including phenoxy) is 5. The Hall–Kier alpha value is -3.29. The number of allylic oxidation sites excluding steroid dienone is 2. The molecule has 33 heavy (non-hydrogen) atoms. The zero-order valence-electron chi connectivity index (χ0n) is 19.9. The van der Waals surface area contributed by atoms with E-state index in [0.717, 1.165) is 22.3 Å². The second kappa shape index (κ2) is 12.1. The fourth-order valence-electron chi connectivity index (χ4n) is 3.50. The van der Waals surface area contributed by atoms with Crippen LogP contribution in [-0.2, 0) is 36.8 Å². The van der Waals surface area contributed by atoms with Crippen molar-refractivity contribution in [1.29, 1.82) is 0 Å². The normalized spacial score (nSPS) is 12.8. The summed E-state index contributed by atoms with van der Waals surface area (Å²) in [6.07, 6.45) is 4.30. The summed E-state index contributed by atoms with van der Waals surface area (Å²) in [4.78, 5) is 35.8. The summed E-state index contributed by atoms with van der Waals surface area (Å²) in [5, 5.41) is 0. The Balaban J connectivity index is 2.12. The van der Waals surface area contributed by atoms with Gasteiger partial charge in [-0.05, 0) is 46.1 Å². The van der Waals surface area contributed by atoms with Gasteiger partial charge in [-0.25, -0.2) is 9.59 Å². The molecule has 1 aromatic rings. The van der Waals surface area contributed by atoms with Gasteiger partial charge in [-0.2, -0.15) is 0 Å². The standard InChI is InChI=1S/C25H32O8/c1-7-12-30-24-18(23(29-6)17(5)19-13-32-25(28)22(19)24)10-8-16(4)9-11-20(26)31-14-21(27)33-15(2)3/h7-8,15H,1,9-14H2,2-6H3/b16-8+. The van der Waals surface area contributed by atoms with E-state index >= 15 is 0 Å². The number of hydrogen-bond acceptors (Lipinski definition) is 8. The third-order valence-corrected chi connectivity index (χ3v) is 5.07. The van der Waals surface area contributed by atoms with E-state index in [2.05, 4.69) is 6.58 Å². The van der Waals surface area contributed by atoms with Crippen molar-refractivity contribution in [3.63, 3.8) is 0 Å². The van der Waals surface area contributed by atoms with Crippen molar-refractivity contribution >= 4 is 17.9 Å². The summed E-state index contributed by atoms with van der Waals surface area (Å²) in [6.45, 7) is 10.9. The summed E-state index contributed by atoms with van der Waals surface area (Å²) in [6, 6.07) is 0. The van der Waals surface area contributed by atoms with Gasteiger partial charge in [0.25, 0.3) is 0 Å². The molecule has 0 atom stereocenters. The lowest BCUT2D eigenvalue weighted by Crippen LogP contribution is -2.19. The molecule has 0 bridgehead atoms. The highest BCUT2D eigenvalue weighted by molar-refractivity contribution is 5.98. The summed E-state index contributed by atoms with van der Waals surface area (Å²) >= 11 is 0. The van der Waals surface area contributed by atoms with Gasteiger partial charge in [-0.15, -0.1) is 0 Å². The zero-order valence-corrected chi connectivity index (χ0v) is 19.9. The van der Waals surface area contributed by atoms with E-state index in [0.29, 0.717) is 29.9 Å².